The molecular weight excluding hydrogens is 338 g/mol. The molecule has 0 aliphatic carbocycles. The Hall–Kier alpha value is -2.53. The molecule has 1 unspecified atom stereocenters. The van der Waals surface area contributed by atoms with Crippen molar-refractivity contribution in [3.63, 3.8) is 0 Å². The topological polar surface area (TPSA) is 61.4 Å². The van der Waals surface area contributed by atoms with Crippen molar-refractivity contribution >= 4 is 34.9 Å². The minimum absolute atomic E-state index is 0.00749. The van der Waals surface area contributed by atoms with Crippen LogP contribution in [0.5, 0.6) is 0 Å². The summed E-state index contributed by atoms with van der Waals surface area (Å²) >= 11 is 6.06. The van der Waals surface area contributed by atoms with E-state index < -0.39 is 0 Å². The van der Waals surface area contributed by atoms with E-state index in [2.05, 4.69) is 10.6 Å². The highest BCUT2D eigenvalue weighted by Crippen LogP contribution is 2.24. The molecule has 1 fully saturated rings. The van der Waals surface area contributed by atoms with Gasteiger partial charge >= 0.3 is 6.03 Å². The molecular formula is C19H20ClN3O2. The minimum Gasteiger partial charge on any atom is -0.333 e. The van der Waals surface area contributed by atoms with E-state index in [1.165, 1.54) is 0 Å². The fraction of sp³-hybridized carbons (Fsp3) is 0.263. The average molecular weight is 358 g/mol. The first kappa shape index (κ1) is 17.3. The zero-order valence-corrected chi connectivity index (χ0v) is 14.9. The molecule has 3 amide bonds. The fourth-order valence-corrected chi connectivity index (χ4v) is 3.04. The smallest absolute Gasteiger partial charge is 0.319 e. The molecule has 1 aliphatic rings. The normalized spacial score (nSPS) is 16.8. The van der Waals surface area contributed by atoms with Crippen LogP contribution in [0.3, 0.4) is 0 Å². The van der Waals surface area contributed by atoms with Gasteiger partial charge in [0.05, 0.1) is 6.04 Å². The number of rotatable bonds is 3. The van der Waals surface area contributed by atoms with Gasteiger partial charge in [-0.25, -0.2) is 4.79 Å². The molecule has 130 valence electrons. The first-order valence-corrected chi connectivity index (χ1v) is 8.51. The lowest BCUT2D eigenvalue weighted by atomic mass is 10.2. The van der Waals surface area contributed by atoms with E-state index in [0.717, 1.165) is 16.8 Å². The lowest BCUT2D eigenvalue weighted by Gasteiger charge is -2.18. The molecule has 2 aromatic rings. The minimum atomic E-state index is -0.339. The first-order valence-electron chi connectivity index (χ1n) is 8.13. The molecule has 2 aromatic carbocycles. The van der Waals surface area contributed by atoms with Crippen LogP contribution in [-0.2, 0) is 4.79 Å². The molecule has 1 heterocycles. The van der Waals surface area contributed by atoms with Crippen LogP contribution in [0.4, 0.5) is 16.2 Å². The van der Waals surface area contributed by atoms with Crippen LogP contribution in [0, 0.1) is 13.8 Å². The summed E-state index contributed by atoms with van der Waals surface area (Å²) in [5.41, 5.74) is 3.46. The molecule has 25 heavy (non-hydrogen) atoms. The third-order valence-corrected chi connectivity index (χ3v) is 4.73. The molecule has 6 heteroatoms. The molecule has 0 aromatic heterocycles. The number of benzene rings is 2. The number of anilines is 2. The van der Waals surface area contributed by atoms with Crippen molar-refractivity contribution in [2.45, 2.75) is 26.3 Å². The second-order valence-corrected chi connectivity index (χ2v) is 6.66. The molecule has 0 saturated carbocycles. The molecule has 1 atom stereocenters. The van der Waals surface area contributed by atoms with Crippen LogP contribution in [0.1, 0.15) is 17.5 Å². The van der Waals surface area contributed by atoms with Gasteiger partial charge in [0, 0.05) is 29.4 Å². The Balaban J connectivity index is 1.62. The highest BCUT2D eigenvalue weighted by Gasteiger charge is 2.31. The highest BCUT2D eigenvalue weighted by molar-refractivity contribution is 6.31. The number of urea groups is 1. The lowest BCUT2D eigenvalue weighted by molar-refractivity contribution is -0.117. The second-order valence-electron chi connectivity index (χ2n) is 6.25. The van der Waals surface area contributed by atoms with Gasteiger partial charge in [0.15, 0.2) is 0 Å². The van der Waals surface area contributed by atoms with E-state index in [0.29, 0.717) is 17.3 Å². The van der Waals surface area contributed by atoms with Crippen molar-refractivity contribution in [2.75, 3.05) is 16.8 Å². The van der Waals surface area contributed by atoms with Crippen LogP contribution in [0.2, 0.25) is 5.02 Å². The summed E-state index contributed by atoms with van der Waals surface area (Å²) in [7, 11) is 0. The standard InChI is InChI=1S/C19H20ClN3O2/c1-12-6-8-15(9-7-12)23-11-14(10-18(23)24)21-19(25)22-17-5-3-4-16(20)13(17)2/h3-9,14H,10-11H2,1-2H3,(H2,21,22,25). The third-order valence-electron chi connectivity index (χ3n) is 4.32. The van der Waals surface area contributed by atoms with Crippen LogP contribution in [0.25, 0.3) is 0 Å². The van der Waals surface area contributed by atoms with Gasteiger partial charge in [-0.2, -0.15) is 0 Å². The van der Waals surface area contributed by atoms with Gasteiger partial charge in [-0.15, -0.1) is 0 Å². The van der Waals surface area contributed by atoms with Gasteiger partial charge < -0.3 is 15.5 Å². The van der Waals surface area contributed by atoms with Crippen molar-refractivity contribution in [2.24, 2.45) is 0 Å². The predicted molar refractivity (Wildman–Crippen MR) is 100 cm³/mol. The third kappa shape index (κ3) is 3.94. The molecule has 5 nitrogen and oxygen atoms in total. The second kappa shape index (κ2) is 7.15. The van der Waals surface area contributed by atoms with Gasteiger partial charge in [-0.3, -0.25) is 4.79 Å². The fourth-order valence-electron chi connectivity index (χ4n) is 2.87. The first-order chi connectivity index (χ1) is 11.9. The summed E-state index contributed by atoms with van der Waals surface area (Å²) in [5, 5.41) is 6.25. The van der Waals surface area contributed by atoms with Crippen molar-refractivity contribution in [3.05, 3.63) is 58.6 Å². The molecule has 0 bridgehead atoms. The Bertz CT molecular complexity index is 805. The monoisotopic (exact) mass is 357 g/mol. The number of nitrogens with zero attached hydrogens (tertiary/aromatic N) is 1. The van der Waals surface area contributed by atoms with Crippen molar-refractivity contribution < 1.29 is 9.59 Å². The van der Waals surface area contributed by atoms with Gasteiger partial charge in [0.1, 0.15) is 0 Å². The summed E-state index contributed by atoms with van der Waals surface area (Å²) in [5.74, 6) is 0.00749. The van der Waals surface area contributed by atoms with Gasteiger partial charge in [0.2, 0.25) is 5.91 Å². The molecule has 0 radical (unpaired) electrons. The summed E-state index contributed by atoms with van der Waals surface area (Å²) in [6.45, 7) is 4.31. The Labute approximate surface area is 152 Å². The van der Waals surface area contributed by atoms with E-state index >= 15 is 0 Å². The maximum atomic E-state index is 12.2. The maximum Gasteiger partial charge on any atom is 0.319 e. The molecule has 2 N–H and O–H groups in total. The maximum absolute atomic E-state index is 12.2. The number of halogens is 1. The largest absolute Gasteiger partial charge is 0.333 e. The van der Waals surface area contributed by atoms with E-state index in [-0.39, 0.29) is 24.4 Å². The number of hydrogen-bond acceptors (Lipinski definition) is 2. The summed E-state index contributed by atoms with van der Waals surface area (Å²) in [6.07, 6.45) is 0.288. The van der Waals surface area contributed by atoms with Crippen molar-refractivity contribution in [1.29, 1.82) is 0 Å². The van der Waals surface area contributed by atoms with Crippen molar-refractivity contribution in [1.82, 2.24) is 5.32 Å². The molecule has 3 rings (SSSR count). The van der Waals surface area contributed by atoms with Crippen LogP contribution in [-0.4, -0.2) is 24.5 Å². The summed E-state index contributed by atoms with van der Waals surface area (Å²) in [6, 6.07) is 12.6. The number of carbonyl (C=O) groups is 2. The van der Waals surface area contributed by atoms with E-state index in [1.54, 1.807) is 23.1 Å². The quantitative estimate of drug-likeness (QED) is 0.875. The van der Waals surface area contributed by atoms with E-state index in [4.69, 9.17) is 11.6 Å². The van der Waals surface area contributed by atoms with Crippen LogP contribution in [0.15, 0.2) is 42.5 Å². The van der Waals surface area contributed by atoms with Gasteiger partial charge in [0.25, 0.3) is 0 Å². The number of aryl methyl sites for hydroxylation is 1. The average Bonchev–Trinajstić information content (AvgIpc) is 2.93. The SMILES string of the molecule is Cc1ccc(N2CC(NC(=O)Nc3cccc(Cl)c3C)CC2=O)cc1. The number of nitrogens with one attached hydrogen (secondary N) is 2. The van der Waals surface area contributed by atoms with Crippen LogP contribution >= 0.6 is 11.6 Å². The summed E-state index contributed by atoms with van der Waals surface area (Å²) < 4.78 is 0. The highest BCUT2D eigenvalue weighted by atomic mass is 35.5. The van der Waals surface area contributed by atoms with Gasteiger partial charge in [-0.1, -0.05) is 35.4 Å². The zero-order valence-electron chi connectivity index (χ0n) is 14.2. The Morgan fingerprint density at radius 1 is 1.16 bits per heavy atom. The molecule has 1 aliphatic heterocycles. The summed E-state index contributed by atoms with van der Waals surface area (Å²) in [4.78, 5) is 26.2. The number of carbonyl (C=O) groups excluding carboxylic acids is 2. The Kier molecular flexibility index (Phi) is 4.95. The van der Waals surface area contributed by atoms with E-state index in [9.17, 15) is 9.59 Å². The molecule has 1 saturated heterocycles. The predicted octanol–water partition coefficient (Wildman–Crippen LogP) is 3.88. The van der Waals surface area contributed by atoms with Gasteiger partial charge in [-0.05, 0) is 43.7 Å². The van der Waals surface area contributed by atoms with Crippen LogP contribution < -0.4 is 15.5 Å². The molecule has 0 spiro atoms. The lowest BCUT2D eigenvalue weighted by Crippen LogP contribution is -2.39. The zero-order chi connectivity index (χ0) is 18.0. The number of hydrogen-bond donors (Lipinski definition) is 2. The van der Waals surface area contributed by atoms with E-state index in [1.807, 2.05) is 38.1 Å². The Morgan fingerprint density at radius 2 is 1.88 bits per heavy atom. The Morgan fingerprint density at radius 3 is 2.60 bits per heavy atom. The number of amides is 3. The van der Waals surface area contributed by atoms with Crippen molar-refractivity contribution in [3.8, 4) is 0 Å².